The molecule has 0 bridgehead atoms. The Morgan fingerprint density at radius 1 is 1.31 bits per heavy atom. The van der Waals surface area contributed by atoms with Crippen LogP contribution in [0.4, 0.5) is 10.7 Å². The Labute approximate surface area is 155 Å². The van der Waals surface area contributed by atoms with E-state index in [4.69, 9.17) is 9.84 Å². The first-order valence-electron chi connectivity index (χ1n) is 7.42. The number of aromatic nitrogens is 2. The van der Waals surface area contributed by atoms with Crippen LogP contribution in [0.5, 0.6) is 5.88 Å². The fourth-order valence-electron chi connectivity index (χ4n) is 1.95. The fraction of sp³-hybridized carbons (Fsp3) is 0.267. The van der Waals surface area contributed by atoms with Gasteiger partial charge in [-0.05, 0) is 19.1 Å². The summed E-state index contributed by atoms with van der Waals surface area (Å²) in [5.74, 6) is 0.481. The number of sulfonamides is 1. The van der Waals surface area contributed by atoms with Crippen LogP contribution in [0, 0.1) is 6.92 Å². The first-order chi connectivity index (χ1) is 12.4. The fourth-order valence-corrected chi connectivity index (χ4v) is 4.15. The highest BCUT2D eigenvalue weighted by atomic mass is 32.2. The number of amides is 2. The number of thioether (sulfide) groups is 1. The molecule has 2 rings (SSSR count). The highest BCUT2D eigenvalue weighted by Gasteiger charge is 2.21. The highest BCUT2D eigenvalue weighted by Crippen LogP contribution is 2.26. The number of rotatable bonds is 7. The Morgan fingerprint density at radius 2 is 2.04 bits per heavy atom. The predicted molar refractivity (Wildman–Crippen MR) is 96.9 cm³/mol. The normalized spacial score (nSPS) is 11.0. The maximum atomic E-state index is 12.5. The third-order valence-corrected chi connectivity index (χ3v) is 5.55. The number of nitrogens with zero attached hydrogens (tertiary/aromatic N) is 2. The number of carbonyl (C=O) groups excluding carboxylic acids is 1. The van der Waals surface area contributed by atoms with Crippen LogP contribution in [0.25, 0.3) is 0 Å². The van der Waals surface area contributed by atoms with Crippen LogP contribution < -0.4 is 14.8 Å². The summed E-state index contributed by atoms with van der Waals surface area (Å²) in [5.41, 5.74) is 0.542. The minimum Gasteiger partial charge on any atom is -0.481 e. The number of aliphatic hydroxyl groups is 1. The molecule has 0 unspecified atom stereocenters. The van der Waals surface area contributed by atoms with E-state index < -0.39 is 16.1 Å². The average Bonchev–Trinajstić information content (AvgIpc) is 2.59. The predicted octanol–water partition coefficient (Wildman–Crippen LogP) is 1.39. The van der Waals surface area contributed by atoms with Crippen LogP contribution in [-0.2, 0) is 10.0 Å². The summed E-state index contributed by atoms with van der Waals surface area (Å²) < 4.78 is 31.9. The molecule has 2 amide bonds. The van der Waals surface area contributed by atoms with Crippen molar-refractivity contribution in [2.75, 3.05) is 24.8 Å². The van der Waals surface area contributed by atoms with Crippen LogP contribution in [0.1, 0.15) is 5.69 Å². The van der Waals surface area contributed by atoms with Crippen molar-refractivity contribution < 1.29 is 23.1 Å². The SMILES string of the molecule is COc1cc(C)nc(NC(=O)NS(=O)(=O)c2ccccc2SCCO)n1. The van der Waals surface area contributed by atoms with Crippen LogP contribution >= 0.6 is 11.8 Å². The van der Waals surface area contributed by atoms with Crippen LogP contribution in [-0.4, -0.2) is 49.0 Å². The molecule has 1 aromatic heterocycles. The standard InChI is InChI=1S/C15H18N4O5S2/c1-10-9-13(24-2)17-14(16-10)18-15(21)19-26(22,23)12-6-4-3-5-11(12)25-8-7-20/h3-6,9,20H,7-8H2,1-2H3,(H2,16,17,18,19,21). The van der Waals surface area contributed by atoms with Crippen molar-refractivity contribution in [3.05, 3.63) is 36.0 Å². The first-order valence-corrected chi connectivity index (χ1v) is 9.88. The summed E-state index contributed by atoms with van der Waals surface area (Å²) in [6, 6.07) is 6.76. The lowest BCUT2D eigenvalue weighted by atomic mass is 10.4. The number of carbonyl (C=O) groups is 1. The number of hydrogen-bond acceptors (Lipinski definition) is 8. The Hall–Kier alpha value is -2.37. The summed E-state index contributed by atoms with van der Waals surface area (Å²) in [6.07, 6.45) is 0. The summed E-state index contributed by atoms with van der Waals surface area (Å²) in [5, 5.41) is 11.2. The molecule has 0 aliphatic rings. The van der Waals surface area contributed by atoms with E-state index in [9.17, 15) is 13.2 Å². The number of anilines is 1. The van der Waals surface area contributed by atoms with Crippen LogP contribution in [0.2, 0.25) is 0 Å². The van der Waals surface area contributed by atoms with Crippen molar-refractivity contribution in [1.82, 2.24) is 14.7 Å². The zero-order chi connectivity index (χ0) is 19.2. The van der Waals surface area contributed by atoms with Crippen LogP contribution in [0.15, 0.2) is 40.1 Å². The lowest BCUT2D eigenvalue weighted by Gasteiger charge is -2.11. The number of ether oxygens (including phenoxy) is 1. The molecule has 1 aromatic carbocycles. The summed E-state index contributed by atoms with van der Waals surface area (Å²) in [6.45, 7) is 1.58. The minimum atomic E-state index is -4.12. The highest BCUT2D eigenvalue weighted by molar-refractivity contribution is 8.00. The molecule has 0 aliphatic carbocycles. The van der Waals surface area contributed by atoms with Crippen molar-refractivity contribution in [1.29, 1.82) is 0 Å². The third kappa shape index (κ3) is 5.31. The van der Waals surface area contributed by atoms with Gasteiger partial charge in [-0.3, -0.25) is 5.32 Å². The topological polar surface area (TPSA) is 131 Å². The van der Waals surface area contributed by atoms with Gasteiger partial charge in [0.2, 0.25) is 11.8 Å². The summed E-state index contributed by atoms with van der Waals surface area (Å²) in [4.78, 5) is 20.3. The van der Waals surface area contributed by atoms with Crippen molar-refractivity contribution in [2.24, 2.45) is 0 Å². The van der Waals surface area contributed by atoms with Gasteiger partial charge in [0.25, 0.3) is 10.0 Å². The lowest BCUT2D eigenvalue weighted by molar-refractivity contribution is 0.256. The Kier molecular flexibility index (Phi) is 6.77. The number of aryl methyl sites for hydroxylation is 1. The molecule has 0 radical (unpaired) electrons. The molecule has 0 saturated carbocycles. The van der Waals surface area contributed by atoms with Crippen molar-refractivity contribution in [3.63, 3.8) is 0 Å². The zero-order valence-electron chi connectivity index (χ0n) is 14.1. The molecule has 11 heteroatoms. The molecule has 140 valence electrons. The van der Waals surface area contributed by atoms with Gasteiger partial charge in [0, 0.05) is 22.4 Å². The summed E-state index contributed by atoms with van der Waals surface area (Å²) >= 11 is 1.17. The van der Waals surface area contributed by atoms with E-state index in [1.807, 2.05) is 4.72 Å². The minimum absolute atomic E-state index is 0.0589. The van der Waals surface area contributed by atoms with Crippen molar-refractivity contribution >= 4 is 33.8 Å². The molecular weight excluding hydrogens is 380 g/mol. The molecule has 0 atom stereocenters. The molecule has 1 heterocycles. The molecule has 3 N–H and O–H groups in total. The largest absolute Gasteiger partial charge is 0.481 e. The Bertz CT molecular complexity index is 889. The van der Waals surface area contributed by atoms with Gasteiger partial charge in [0.15, 0.2) is 0 Å². The van der Waals surface area contributed by atoms with Gasteiger partial charge in [0.05, 0.1) is 13.7 Å². The molecule has 9 nitrogen and oxygen atoms in total. The lowest BCUT2D eigenvalue weighted by Crippen LogP contribution is -2.35. The van der Waals surface area contributed by atoms with E-state index in [0.29, 0.717) is 16.3 Å². The van der Waals surface area contributed by atoms with E-state index >= 15 is 0 Å². The number of hydrogen-bond donors (Lipinski definition) is 3. The van der Waals surface area contributed by atoms with E-state index in [2.05, 4.69) is 15.3 Å². The molecule has 0 aliphatic heterocycles. The average molecular weight is 398 g/mol. The second kappa shape index (κ2) is 8.83. The Morgan fingerprint density at radius 3 is 2.73 bits per heavy atom. The second-order valence-corrected chi connectivity index (χ2v) is 7.74. The first kappa shape index (κ1) is 19.9. The van der Waals surface area contributed by atoms with Crippen molar-refractivity contribution in [2.45, 2.75) is 16.7 Å². The van der Waals surface area contributed by atoms with Gasteiger partial charge >= 0.3 is 6.03 Å². The quantitative estimate of drug-likeness (QED) is 0.597. The van der Waals surface area contributed by atoms with E-state index in [1.54, 1.807) is 31.2 Å². The summed E-state index contributed by atoms with van der Waals surface area (Å²) in [7, 11) is -2.70. The molecule has 26 heavy (non-hydrogen) atoms. The van der Waals surface area contributed by atoms with Gasteiger partial charge in [-0.25, -0.2) is 22.9 Å². The van der Waals surface area contributed by atoms with Gasteiger partial charge in [-0.15, -0.1) is 11.8 Å². The van der Waals surface area contributed by atoms with E-state index in [-0.39, 0.29) is 23.3 Å². The number of methoxy groups -OCH3 is 1. The van der Waals surface area contributed by atoms with Gasteiger partial charge in [-0.2, -0.15) is 4.98 Å². The number of benzene rings is 1. The molecule has 2 aromatic rings. The number of aliphatic hydroxyl groups excluding tert-OH is 1. The Balaban J connectivity index is 2.17. The van der Waals surface area contributed by atoms with Gasteiger partial charge in [0.1, 0.15) is 4.90 Å². The number of nitrogens with one attached hydrogen (secondary N) is 2. The molecule has 0 fully saturated rings. The second-order valence-electron chi connectivity index (χ2n) is 4.95. The van der Waals surface area contributed by atoms with Crippen molar-refractivity contribution in [3.8, 4) is 5.88 Å². The maximum Gasteiger partial charge on any atom is 0.335 e. The maximum absolute atomic E-state index is 12.5. The van der Waals surface area contributed by atoms with Gasteiger partial charge < -0.3 is 9.84 Å². The number of urea groups is 1. The molecule has 0 spiro atoms. The van der Waals surface area contributed by atoms with E-state index in [1.165, 1.54) is 24.9 Å². The smallest absolute Gasteiger partial charge is 0.335 e. The zero-order valence-corrected chi connectivity index (χ0v) is 15.7. The monoisotopic (exact) mass is 398 g/mol. The van der Waals surface area contributed by atoms with E-state index in [0.717, 1.165) is 0 Å². The molecular formula is C15H18N4O5S2. The molecule has 0 saturated heterocycles. The van der Waals surface area contributed by atoms with Crippen LogP contribution in [0.3, 0.4) is 0 Å². The van der Waals surface area contributed by atoms with Gasteiger partial charge in [-0.1, -0.05) is 12.1 Å². The third-order valence-electron chi connectivity index (χ3n) is 2.98.